The summed E-state index contributed by atoms with van der Waals surface area (Å²) in [5, 5.41) is 0. The molecule has 19 heavy (non-hydrogen) atoms. The zero-order valence-electron chi connectivity index (χ0n) is 11.3. The molecule has 0 aliphatic carbocycles. The summed E-state index contributed by atoms with van der Waals surface area (Å²) in [6.45, 7) is 4.39. The van der Waals surface area contributed by atoms with Gasteiger partial charge >= 0.3 is 0 Å². The van der Waals surface area contributed by atoms with E-state index in [1.807, 2.05) is 13.8 Å². The number of pyridine rings is 1. The van der Waals surface area contributed by atoms with Crippen molar-refractivity contribution in [3.63, 3.8) is 0 Å². The van der Waals surface area contributed by atoms with Gasteiger partial charge in [-0.1, -0.05) is 0 Å². The summed E-state index contributed by atoms with van der Waals surface area (Å²) in [6.07, 6.45) is 1.53. The number of anilines is 1. The predicted octanol–water partition coefficient (Wildman–Crippen LogP) is 0.413. The molecule has 0 aromatic carbocycles. The first-order valence-electron chi connectivity index (χ1n) is 5.89. The van der Waals surface area contributed by atoms with Crippen LogP contribution >= 0.6 is 0 Å². The van der Waals surface area contributed by atoms with E-state index in [0.29, 0.717) is 6.61 Å². The van der Waals surface area contributed by atoms with Crippen molar-refractivity contribution in [1.82, 2.24) is 9.29 Å². The number of ether oxygens (including phenoxy) is 1. The topological polar surface area (TPSA) is 97.5 Å². The number of aromatic nitrogens is 1. The van der Waals surface area contributed by atoms with Gasteiger partial charge in [0.2, 0.25) is 10.0 Å². The van der Waals surface area contributed by atoms with Gasteiger partial charge in [0.25, 0.3) is 0 Å². The molecular formula is C11H20N4O3S. The van der Waals surface area contributed by atoms with Crippen LogP contribution in [-0.4, -0.2) is 44.0 Å². The molecule has 0 amide bonds. The Kier molecular flexibility index (Phi) is 5.67. The number of sulfonamides is 1. The molecule has 0 atom stereocenters. The lowest BCUT2D eigenvalue weighted by atomic mass is 10.5. The highest BCUT2D eigenvalue weighted by Gasteiger charge is 2.24. The second kappa shape index (κ2) is 6.80. The van der Waals surface area contributed by atoms with Gasteiger partial charge in [-0.2, -0.15) is 4.31 Å². The highest BCUT2D eigenvalue weighted by atomic mass is 32.2. The van der Waals surface area contributed by atoms with Crippen molar-refractivity contribution in [3.05, 3.63) is 18.3 Å². The molecule has 1 rings (SSSR count). The monoisotopic (exact) mass is 288 g/mol. The molecule has 0 aliphatic heterocycles. The molecule has 0 bridgehead atoms. The number of nitrogen functional groups attached to an aromatic ring is 1. The molecule has 0 unspecified atom stereocenters. The van der Waals surface area contributed by atoms with E-state index in [0.717, 1.165) is 0 Å². The van der Waals surface area contributed by atoms with Crippen molar-refractivity contribution in [2.75, 3.05) is 25.6 Å². The fourth-order valence-corrected chi connectivity index (χ4v) is 2.67. The number of rotatable bonds is 7. The summed E-state index contributed by atoms with van der Waals surface area (Å²) in [7, 11) is -2.14. The van der Waals surface area contributed by atoms with Crippen molar-refractivity contribution in [3.8, 4) is 0 Å². The summed E-state index contributed by atoms with van der Waals surface area (Å²) in [4.78, 5) is 3.93. The lowest BCUT2D eigenvalue weighted by Crippen LogP contribution is -2.31. The fourth-order valence-electron chi connectivity index (χ4n) is 1.41. The van der Waals surface area contributed by atoms with E-state index < -0.39 is 10.0 Å². The van der Waals surface area contributed by atoms with Crippen LogP contribution in [-0.2, 0) is 14.8 Å². The number of nitrogens with two attached hydrogens (primary N) is 1. The minimum atomic E-state index is -3.63. The van der Waals surface area contributed by atoms with E-state index in [1.165, 1.54) is 23.6 Å². The molecule has 8 heteroatoms. The average Bonchev–Trinajstić information content (AvgIpc) is 2.38. The first-order valence-corrected chi connectivity index (χ1v) is 7.33. The number of hydrogen-bond donors (Lipinski definition) is 2. The van der Waals surface area contributed by atoms with Gasteiger partial charge in [0, 0.05) is 19.8 Å². The van der Waals surface area contributed by atoms with E-state index in [-0.39, 0.29) is 23.4 Å². The Balaban J connectivity index is 2.85. The molecule has 3 N–H and O–H groups in total. The van der Waals surface area contributed by atoms with E-state index in [4.69, 9.17) is 10.6 Å². The molecule has 0 fully saturated rings. The van der Waals surface area contributed by atoms with Crippen LogP contribution in [0.25, 0.3) is 0 Å². The van der Waals surface area contributed by atoms with Gasteiger partial charge < -0.3 is 10.2 Å². The molecule has 0 saturated carbocycles. The Hall–Kier alpha value is -1.22. The molecule has 0 spiro atoms. The lowest BCUT2D eigenvalue weighted by molar-refractivity contribution is 0.0737. The van der Waals surface area contributed by atoms with E-state index >= 15 is 0 Å². The number of likely N-dealkylation sites (N-methyl/N-ethyl adjacent to an activating group) is 1. The van der Waals surface area contributed by atoms with Gasteiger partial charge in [-0.3, -0.25) is 0 Å². The normalized spacial score (nSPS) is 12.1. The summed E-state index contributed by atoms with van der Waals surface area (Å²) in [5.74, 6) is 5.39. The van der Waals surface area contributed by atoms with Crippen molar-refractivity contribution in [2.45, 2.75) is 24.8 Å². The van der Waals surface area contributed by atoms with E-state index in [1.54, 1.807) is 6.07 Å². The second-order valence-corrected chi connectivity index (χ2v) is 6.25. The van der Waals surface area contributed by atoms with Gasteiger partial charge in [-0.15, -0.1) is 0 Å². The summed E-state index contributed by atoms with van der Waals surface area (Å²) in [5.41, 5.74) is 2.28. The number of nitrogens with zero attached hydrogens (tertiary/aromatic N) is 2. The van der Waals surface area contributed by atoms with Gasteiger partial charge in [-0.05, 0) is 26.0 Å². The Morgan fingerprint density at radius 3 is 2.79 bits per heavy atom. The van der Waals surface area contributed by atoms with Crippen LogP contribution < -0.4 is 11.3 Å². The van der Waals surface area contributed by atoms with Crippen molar-refractivity contribution in [1.29, 1.82) is 0 Å². The Morgan fingerprint density at radius 2 is 2.21 bits per heavy atom. The number of nitrogens with one attached hydrogen (secondary N) is 1. The van der Waals surface area contributed by atoms with Crippen LogP contribution in [0.2, 0.25) is 0 Å². The summed E-state index contributed by atoms with van der Waals surface area (Å²) in [6, 6.07) is 3.00. The van der Waals surface area contributed by atoms with E-state index in [9.17, 15) is 8.42 Å². The van der Waals surface area contributed by atoms with Crippen molar-refractivity contribution < 1.29 is 13.2 Å². The molecule has 7 nitrogen and oxygen atoms in total. The van der Waals surface area contributed by atoms with Crippen LogP contribution in [0.4, 0.5) is 5.82 Å². The Morgan fingerprint density at radius 1 is 1.53 bits per heavy atom. The third-order valence-electron chi connectivity index (χ3n) is 2.45. The maximum Gasteiger partial charge on any atom is 0.246 e. The minimum Gasteiger partial charge on any atom is -0.377 e. The molecule has 0 saturated heterocycles. The molecule has 1 aromatic heterocycles. The molecule has 108 valence electrons. The fraction of sp³-hybridized carbons (Fsp3) is 0.545. The van der Waals surface area contributed by atoms with Gasteiger partial charge in [-0.25, -0.2) is 19.2 Å². The van der Waals surface area contributed by atoms with Crippen LogP contribution in [0, 0.1) is 0 Å². The molecular weight excluding hydrogens is 268 g/mol. The number of hydrogen-bond acceptors (Lipinski definition) is 6. The molecule has 0 aliphatic rings. The standard InChI is InChI=1S/C11H20N4O3S/c1-9(2)18-8-7-15(3)19(16,17)10-5-4-6-13-11(10)14-12/h4-6,9H,7-8,12H2,1-3H3,(H,13,14). The quantitative estimate of drug-likeness (QED) is 0.557. The van der Waals surface area contributed by atoms with Crippen LogP contribution in [0.1, 0.15) is 13.8 Å². The number of hydrazine groups is 1. The molecule has 0 radical (unpaired) electrons. The van der Waals surface area contributed by atoms with Gasteiger partial charge in [0.1, 0.15) is 4.90 Å². The van der Waals surface area contributed by atoms with Crippen LogP contribution in [0.5, 0.6) is 0 Å². The maximum absolute atomic E-state index is 12.3. The van der Waals surface area contributed by atoms with Crippen molar-refractivity contribution >= 4 is 15.8 Å². The molecule has 1 aromatic rings. The van der Waals surface area contributed by atoms with Crippen LogP contribution in [0.15, 0.2) is 23.2 Å². The van der Waals surface area contributed by atoms with Crippen LogP contribution in [0.3, 0.4) is 0 Å². The SMILES string of the molecule is CC(C)OCCN(C)S(=O)(=O)c1cccnc1NN. The minimum absolute atomic E-state index is 0.0459. The highest BCUT2D eigenvalue weighted by molar-refractivity contribution is 7.89. The summed E-state index contributed by atoms with van der Waals surface area (Å²) >= 11 is 0. The van der Waals surface area contributed by atoms with Crippen molar-refractivity contribution in [2.24, 2.45) is 5.84 Å². The third-order valence-corrected chi connectivity index (χ3v) is 4.34. The van der Waals surface area contributed by atoms with Gasteiger partial charge in [0.05, 0.1) is 12.7 Å². The highest BCUT2D eigenvalue weighted by Crippen LogP contribution is 2.20. The lowest BCUT2D eigenvalue weighted by Gasteiger charge is -2.19. The predicted molar refractivity (Wildman–Crippen MR) is 73.0 cm³/mol. The largest absolute Gasteiger partial charge is 0.377 e. The zero-order chi connectivity index (χ0) is 14.5. The smallest absolute Gasteiger partial charge is 0.246 e. The third kappa shape index (κ3) is 4.13. The Labute approximate surface area is 113 Å². The summed E-state index contributed by atoms with van der Waals surface area (Å²) < 4.78 is 31.2. The second-order valence-electron chi connectivity index (χ2n) is 4.24. The maximum atomic E-state index is 12.3. The van der Waals surface area contributed by atoms with E-state index in [2.05, 4.69) is 10.4 Å². The molecule has 1 heterocycles. The van der Waals surface area contributed by atoms with Gasteiger partial charge in [0.15, 0.2) is 5.82 Å². The first kappa shape index (κ1) is 15.8. The first-order chi connectivity index (χ1) is 8.89. The Bertz CT molecular complexity index is 504. The zero-order valence-corrected chi connectivity index (χ0v) is 12.1. The average molecular weight is 288 g/mol.